The SMILES string of the molecule is CCN(C(=O)c1cncc2ccccc12)C(C)N(Cl)c1cccc(F)c1Cl. The summed E-state index contributed by atoms with van der Waals surface area (Å²) in [5.74, 6) is -0.785. The number of carbonyl (C=O) groups excluding carboxylic acids is 1. The third kappa shape index (κ3) is 3.70. The van der Waals surface area contributed by atoms with Crippen LogP contribution in [0.3, 0.4) is 0 Å². The number of nitrogens with zero attached hydrogens (tertiary/aromatic N) is 3. The zero-order valence-corrected chi connectivity index (χ0v) is 16.4. The van der Waals surface area contributed by atoms with Crippen LogP contribution >= 0.6 is 23.4 Å². The van der Waals surface area contributed by atoms with Crippen LogP contribution in [0.2, 0.25) is 5.02 Å². The Hall–Kier alpha value is -2.37. The molecular formula is C20H18Cl2FN3O. The molecular weight excluding hydrogens is 388 g/mol. The molecule has 0 radical (unpaired) electrons. The lowest BCUT2D eigenvalue weighted by atomic mass is 10.1. The average Bonchev–Trinajstić information content (AvgIpc) is 2.69. The monoisotopic (exact) mass is 405 g/mol. The molecule has 0 aliphatic heterocycles. The standard InChI is InChI=1S/C20H18Cl2FN3O/c1-3-25(13(2)26(22)18-10-6-9-17(23)19(18)21)20(27)16-12-24-11-14-7-4-5-8-15(14)16/h4-13H,3H2,1-2H3. The Balaban J connectivity index is 1.95. The molecule has 1 heterocycles. The predicted octanol–water partition coefficient (Wildman–Crippen LogP) is 5.50. The zero-order valence-electron chi connectivity index (χ0n) is 14.9. The van der Waals surface area contributed by atoms with Gasteiger partial charge in [0.15, 0.2) is 0 Å². The molecule has 0 N–H and O–H groups in total. The first-order valence-corrected chi connectivity index (χ1v) is 9.20. The van der Waals surface area contributed by atoms with Crippen molar-refractivity contribution in [2.45, 2.75) is 20.0 Å². The van der Waals surface area contributed by atoms with E-state index in [-0.39, 0.29) is 10.9 Å². The molecule has 3 aromatic rings. The van der Waals surface area contributed by atoms with E-state index < -0.39 is 12.0 Å². The highest BCUT2D eigenvalue weighted by Gasteiger charge is 2.27. The minimum absolute atomic E-state index is 0.0883. The van der Waals surface area contributed by atoms with Gasteiger partial charge in [-0.25, -0.2) is 4.39 Å². The van der Waals surface area contributed by atoms with Crippen LogP contribution in [0.4, 0.5) is 10.1 Å². The molecule has 4 nitrogen and oxygen atoms in total. The fraction of sp³-hybridized carbons (Fsp3) is 0.200. The van der Waals surface area contributed by atoms with Gasteiger partial charge in [-0.05, 0) is 31.4 Å². The van der Waals surface area contributed by atoms with Gasteiger partial charge in [-0.3, -0.25) is 14.2 Å². The lowest BCUT2D eigenvalue weighted by Crippen LogP contribution is -2.46. The van der Waals surface area contributed by atoms with Crippen LogP contribution in [0, 0.1) is 5.82 Å². The molecule has 1 unspecified atom stereocenters. The van der Waals surface area contributed by atoms with Crippen LogP contribution in [0.25, 0.3) is 10.8 Å². The summed E-state index contributed by atoms with van der Waals surface area (Å²) in [4.78, 5) is 19.0. The van der Waals surface area contributed by atoms with Crippen molar-refractivity contribution in [1.29, 1.82) is 0 Å². The van der Waals surface area contributed by atoms with Crippen LogP contribution in [0.15, 0.2) is 54.9 Å². The van der Waals surface area contributed by atoms with Gasteiger partial charge < -0.3 is 4.90 Å². The molecule has 27 heavy (non-hydrogen) atoms. The Morgan fingerprint density at radius 1 is 1.19 bits per heavy atom. The van der Waals surface area contributed by atoms with Crippen molar-refractivity contribution in [2.24, 2.45) is 0 Å². The maximum atomic E-state index is 13.8. The second-order valence-electron chi connectivity index (χ2n) is 6.02. The summed E-state index contributed by atoms with van der Waals surface area (Å²) in [6.45, 7) is 4.01. The van der Waals surface area contributed by atoms with Gasteiger partial charge in [-0.1, -0.05) is 41.9 Å². The van der Waals surface area contributed by atoms with Gasteiger partial charge in [0, 0.05) is 36.1 Å². The summed E-state index contributed by atoms with van der Waals surface area (Å²) in [7, 11) is 0. The maximum absolute atomic E-state index is 13.8. The summed E-state index contributed by atoms with van der Waals surface area (Å²) in [5.41, 5.74) is 0.783. The number of anilines is 1. The summed E-state index contributed by atoms with van der Waals surface area (Å²) < 4.78 is 15.0. The molecule has 0 saturated heterocycles. The second-order valence-corrected chi connectivity index (χ2v) is 6.76. The lowest BCUT2D eigenvalue weighted by molar-refractivity contribution is 0.0713. The Morgan fingerprint density at radius 3 is 2.67 bits per heavy atom. The molecule has 140 valence electrons. The molecule has 2 aromatic carbocycles. The zero-order chi connectivity index (χ0) is 19.6. The minimum atomic E-state index is -0.570. The van der Waals surface area contributed by atoms with E-state index in [1.807, 2.05) is 31.2 Å². The molecule has 1 atom stereocenters. The number of halogens is 3. The van der Waals surface area contributed by atoms with Gasteiger partial charge in [0.05, 0.1) is 11.3 Å². The Morgan fingerprint density at radius 2 is 1.93 bits per heavy atom. The molecule has 0 spiro atoms. The highest BCUT2D eigenvalue weighted by atomic mass is 35.5. The van der Waals surface area contributed by atoms with E-state index >= 15 is 0 Å². The number of rotatable bonds is 5. The highest BCUT2D eigenvalue weighted by Crippen LogP contribution is 2.32. The third-order valence-corrected chi connectivity index (χ3v) is 5.28. The summed E-state index contributed by atoms with van der Waals surface area (Å²) in [6.07, 6.45) is 2.70. The molecule has 0 saturated carbocycles. The van der Waals surface area contributed by atoms with Gasteiger partial charge in [-0.2, -0.15) is 0 Å². The van der Waals surface area contributed by atoms with Crippen LogP contribution in [-0.2, 0) is 0 Å². The summed E-state index contributed by atoms with van der Waals surface area (Å²) in [5, 5.41) is 1.60. The minimum Gasteiger partial charge on any atom is -0.317 e. The molecule has 3 rings (SSSR count). The van der Waals surface area contributed by atoms with E-state index in [0.29, 0.717) is 17.8 Å². The van der Waals surface area contributed by atoms with E-state index in [1.165, 1.54) is 16.6 Å². The van der Waals surface area contributed by atoms with E-state index in [1.54, 1.807) is 30.3 Å². The first kappa shape index (κ1) is 19.4. The van der Waals surface area contributed by atoms with E-state index in [0.717, 1.165) is 10.8 Å². The van der Waals surface area contributed by atoms with Gasteiger partial charge >= 0.3 is 0 Å². The Labute approximate surface area is 167 Å². The first-order chi connectivity index (χ1) is 13.0. The molecule has 1 aromatic heterocycles. The van der Waals surface area contributed by atoms with E-state index in [2.05, 4.69) is 4.98 Å². The quantitative estimate of drug-likeness (QED) is 0.415. The topological polar surface area (TPSA) is 36.4 Å². The van der Waals surface area contributed by atoms with Crippen LogP contribution in [-0.4, -0.2) is 28.5 Å². The predicted molar refractivity (Wildman–Crippen MR) is 108 cm³/mol. The molecule has 0 aliphatic rings. The first-order valence-electron chi connectivity index (χ1n) is 8.48. The van der Waals surface area contributed by atoms with Crippen LogP contribution in [0.5, 0.6) is 0 Å². The van der Waals surface area contributed by atoms with Crippen molar-refractivity contribution in [3.63, 3.8) is 0 Å². The third-order valence-electron chi connectivity index (χ3n) is 4.44. The highest BCUT2D eigenvalue weighted by molar-refractivity contribution is 6.36. The number of carbonyl (C=O) groups is 1. The van der Waals surface area contributed by atoms with Crippen molar-refractivity contribution in [2.75, 3.05) is 11.0 Å². The lowest BCUT2D eigenvalue weighted by Gasteiger charge is -2.34. The Kier molecular flexibility index (Phi) is 5.82. The Bertz CT molecular complexity index is 977. The van der Waals surface area contributed by atoms with Crippen molar-refractivity contribution in [3.05, 3.63) is 71.3 Å². The fourth-order valence-electron chi connectivity index (χ4n) is 3.00. The largest absolute Gasteiger partial charge is 0.317 e. The van der Waals surface area contributed by atoms with E-state index in [9.17, 15) is 9.18 Å². The fourth-order valence-corrected chi connectivity index (χ4v) is 3.51. The number of amides is 1. The van der Waals surface area contributed by atoms with Crippen LogP contribution < -0.4 is 4.42 Å². The second kappa shape index (κ2) is 8.11. The molecule has 7 heteroatoms. The summed E-state index contributed by atoms with van der Waals surface area (Å²) in [6, 6.07) is 11.9. The number of fused-ring (bicyclic) bond motifs is 1. The summed E-state index contributed by atoms with van der Waals surface area (Å²) >= 11 is 12.5. The van der Waals surface area contributed by atoms with Crippen molar-refractivity contribution < 1.29 is 9.18 Å². The number of hydrogen-bond donors (Lipinski definition) is 0. The number of hydrogen-bond acceptors (Lipinski definition) is 3. The molecule has 1 amide bonds. The van der Waals surface area contributed by atoms with Gasteiger partial charge in [-0.15, -0.1) is 0 Å². The molecule has 0 fully saturated rings. The van der Waals surface area contributed by atoms with Crippen molar-refractivity contribution in [1.82, 2.24) is 9.88 Å². The van der Waals surface area contributed by atoms with E-state index in [4.69, 9.17) is 23.4 Å². The average molecular weight is 406 g/mol. The smallest absolute Gasteiger partial charge is 0.257 e. The normalized spacial score (nSPS) is 12.0. The number of benzene rings is 2. The van der Waals surface area contributed by atoms with Gasteiger partial charge in [0.25, 0.3) is 5.91 Å². The molecule has 0 aliphatic carbocycles. The van der Waals surface area contributed by atoms with Crippen LogP contribution in [0.1, 0.15) is 24.2 Å². The number of pyridine rings is 1. The van der Waals surface area contributed by atoms with Crippen molar-refractivity contribution in [3.8, 4) is 0 Å². The van der Waals surface area contributed by atoms with Crippen molar-refractivity contribution >= 4 is 45.7 Å². The molecule has 0 bridgehead atoms. The van der Waals surface area contributed by atoms with Gasteiger partial charge in [0.2, 0.25) is 0 Å². The number of aromatic nitrogens is 1. The van der Waals surface area contributed by atoms with Gasteiger partial charge in [0.1, 0.15) is 17.0 Å². The maximum Gasteiger partial charge on any atom is 0.257 e.